The Hall–Kier alpha value is -1.99. The first-order valence-electron chi connectivity index (χ1n) is 6.21. The zero-order valence-corrected chi connectivity index (χ0v) is 13.0. The summed E-state index contributed by atoms with van der Waals surface area (Å²) >= 11 is 3.57. The van der Waals surface area contributed by atoms with Gasteiger partial charge in [-0.1, -0.05) is 12.1 Å². The van der Waals surface area contributed by atoms with Crippen LogP contribution < -0.4 is 10.1 Å². The average molecular weight is 331 g/mol. The van der Waals surface area contributed by atoms with Crippen LogP contribution >= 0.6 is 15.9 Å². The van der Waals surface area contributed by atoms with Crippen molar-refractivity contribution in [1.82, 2.24) is 0 Å². The summed E-state index contributed by atoms with van der Waals surface area (Å²) in [6, 6.07) is 13.6. The van der Waals surface area contributed by atoms with E-state index in [2.05, 4.69) is 27.3 Å². The zero-order chi connectivity index (χ0) is 14.5. The van der Waals surface area contributed by atoms with Crippen LogP contribution in [0.2, 0.25) is 0 Å². The molecule has 0 spiro atoms. The van der Waals surface area contributed by atoms with Gasteiger partial charge in [0.05, 0.1) is 18.7 Å². The molecule has 4 heteroatoms. The molecule has 102 valence electrons. The summed E-state index contributed by atoms with van der Waals surface area (Å²) in [7, 11) is 1.63. The summed E-state index contributed by atoms with van der Waals surface area (Å²) in [6.07, 6.45) is 0. The Balaban J connectivity index is 2.22. The van der Waals surface area contributed by atoms with Crippen molar-refractivity contribution in [2.24, 2.45) is 0 Å². The summed E-state index contributed by atoms with van der Waals surface area (Å²) in [6.45, 7) is 2.65. The minimum absolute atomic E-state index is 0.598. The maximum Gasteiger partial charge on any atom is 0.123 e. The van der Waals surface area contributed by atoms with Crippen LogP contribution in [-0.2, 0) is 6.54 Å². The molecule has 2 aromatic carbocycles. The van der Waals surface area contributed by atoms with Gasteiger partial charge in [0.2, 0.25) is 0 Å². The molecule has 0 aromatic heterocycles. The maximum absolute atomic E-state index is 8.97. The van der Waals surface area contributed by atoms with Crippen molar-refractivity contribution in [1.29, 1.82) is 5.26 Å². The lowest BCUT2D eigenvalue weighted by molar-refractivity contribution is 0.410. The first-order chi connectivity index (χ1) is 9.65. The van der Waals surface area contributed by atoms with Crippen molar-refractivity contribution in [3.05, 3.63) is 57.6 Å². The molecule has 0 saturated heterocycles. The molecule has 2 aromatic rings. The monoisotopic (exact) mass is 330 g/mol. The maximum atomic E-state index is 8.97. The number of benzene rings is 2. The largest absolute Gasteiger partial charge is 0.496 e. The number of nitriles is 1. The van der Waals surface area contributed by atoms with Crippen LogP contribution in [0.4, 0.5) is 5.69 Å². The van der Waals surface area contributed by atoms with Gasteiger partial charge in [0.1, 0.15) is 5.75 Å². The van der Waals surface area contributed by atoms with E-state index in [1.165, 1.54) is 5.56 Å². The zero-order valence-electron chi connectivity index (χ0n) is 11.4. The fourth-order valence-corrected chi connectivity index (χ4v) is 2.37. The molecule has 1 N–H and O–H groups in total. The van der Waals surface area contributed by atoms with Gasteiger partial charge in [-0.25, -0.2) is 0 Å². The molecule has 0 amide bonds. The third-order valence-electron chi connectivity index (χ3n) is 3.07. The van der Waals surface area contributed by atoms with Gasteiger partial charge in [-0.05, 0) is 52.7 Å². The van der Waals surface area contributed by atoms with E-state index in [4.69, 9.17) is 10.00 Å². The molecule has 0 aliphatic rings. The number of halogens is 1. The van der Waals surface area contributed by atoms with E-state index in [0.717, 1.165) is 21.5 Å². The van der Waals surface area contributed by atoms with E-state index >= 15 is 0 Å². The lowest BCUT2D eigenvalue weighted by atomic mass is 10.1. The molecule has 0 heterocycles. The Bertz CT molecular complexity index is 662. The second-order valence-corrected chi connectivity index (χ2v) is 5.22. The Morgan fingerprint density at radius 1 is 1.30 bits per heavy atom. The molecule has 0 bridgehead atoms. The number of nitrogens with zero attached hydrogens (tertiary/aromatic N) is 1. The Morgan fingerprint density at radius 3 is 2.80 bits per heavy atom. The quantitative estimate of drug-likeness (QED) is 0.911. The highest BCUT2D eigenvalue weighted by Crippen LogP contribution is 2.27. The molecule has 0 saturated carbocycles. The van der Waals surface area contributed by atoms with Crippen molar-refractivity contribution < 1.29 is 4.74 Å². The standard InChI is InChI=1S/C16H15BrN2O/c1-11-4-3-5-14(16(11)17)19-10-13-8-12(9-18)6-7-15(13)20-2/h3-8,19H,10H2,1-2H3. The van der Waals surface area contributed by atoms with Crippen molar-refractivity contribution >= 4 is 21.6 Å². The molecule has 0 fully saturated rings. The van der Waals surface area contributed by atoms with Crippen molar-refractivity contribution in [2.75, 3.05) is 12.4 Å². The second kappa shape index (κ2) is 6.44. The van der Waals surface area contributed by atoms with Crippen LogP contribution in [0.3, 0.4) is 0 Å². The summed E-state index contributed by atoms with van der Waals surface area (Å²) in [5.41, 5.74) is 3.79. The van der Waals surface area contributed by atoms with E-state index in [9.17, 15) is 0 Å². The highest BCUT2D eigenvalue weighted by molar-refractivity contribution is 9.10. The normalized spacial score (nSPS) is 9.90. The lowest BCUT2D eigenvalue weighted by Gasteiger charge is -2.13. The number of methoxy groups -OCH3 is 1. The lowest BCUT2D eigenvalue weighted by Crippen LogP contribution is -2.03. The second-order valence-electron chi connectivity index (χ2n) is 4.43. The van der Waals surface area contributed by atoms with Crippen molar-refractivity contribution in [3.8, 4) is 11.8 Å². The molecule has 20 heavy (non-hydrogen) atoms. The fraction of sp³-hybridized carbons (Fsp3) is 0.188. The highest BCUT2D eigenvalue weighted by atomic mass is 79.9. The predicted molar refractivity (Wildman–Crippen MR) is 83.9 cm³/mol. The van der Waals surface area contributed by atoms with Gasteiger partial charge < -0.3 is 10.1 Å². The minimum Gasteiger partial charge on any atom is -0.496 e. The van der Waals surface area contributed by atoms with Crippen LogP contribution in [-0.4, -0.2) is 7.11 Å². The Labute approximate surface area is 127 Å². The number of hydrogen-bond acceptors (Lipinski definition) is 3. The summed E-state index contributed by atoms with van der Waals surface area (Å²) in [5, 5.41) is 12.3. The number of nitrogens with one attached hydrogen (secondary N) is 1. The van der Waals surface area contributed by atoms with Gasteiger partial charge in [0.15, 0.2) is 0 Å². The van der Waals surface area contributed by atoms with E-state index in [0.29, 0.717) is 12.1 Å². The molecule has 2 rings (SSSR count). The van der Waals surface area contributed by atoms with E-state index in [1.54, 1.807) is 13.2 Å². The topological polar surface area (TPSA) is 45.0 Å². The van der Waals surface area contributed by atoms with Crippen LogP contribution in [0.1, 0.15) is 16.7 Å². The third-order valence-corrected chi connectivity index (χ3v) is 4.12. The van der Waals surface area contributed by atoms with Gasteiger partial charge in [-0.15, -0.1) is 0 Å². The predicted octanol–water partition coefficient (Wildman–Crippen LogP) is 4.25. The number of ether oxygens (including phenoxy) is 1. The number of aryl methyl sites for hydroxylation is 1. The van der Waals surface area contributed by atoms with Crippen molar-refractivity contribution in [3.63, 3.8) is 0 Å². The van der Waals surface area contributed by atoms with Gasteiger partial charge in [-0.2, -0.15) is 5.26 Å². The van der Waals surface area contributed by atoms with Crippen LogP contribution in [0.15, 0.2) is 40.9 Å². The van der Waals surface area contributed by atoms with E-state index in [-0.39, 0.29) is 0 Å². The molecule has 0 aliphatic carbocycles. The van der Waals surface area contributed by atoms with Gasteiger partial charge >= 0.3 is 0 Å². The smallest absolute Gasteiger partial charge is 0.123 e. The average Bonchev–Trinajstić information content (AvgIpc) is 2.48. The van der Waals surface area contributed by atoms with Crippen LogP contribution in [0, 0.1) is 18.3 Å². The van der Waals surface area contributed by atoms with Gasteiger partial charge in [-0.3, -0.25) is 0 Å². The first-order valence-corrected chi connectivity index (χ1v) is 7.01. The van der Waals surface area contributed by atoms with E-state index < -0.39 is 0 Å². The molecular weight excluding hydrogens is 316 g/mol. The van der Waals surface area contributed by atoms with Gasteiger partial charge in [0.25, 0.3) is 0 Å². The molecule has 3 nitrogen and oxygen atoms in total. The van der Waals surface area contributed by atoms with Crippen molar-refractivity contribution in [2.45, 2.75) is 13.5 Å². The molecule has 0 atom stereocenters. The van der Waals surface area contributed by atoms with E-state index in [1.807, 2.05) is 37.3 Å². The Kier molecular flexibility index (Phi) is 4.65. The summed E-state index contributed by atoms with van der Waals surface area (Å²) in [5.74, 6) is 0.778. The number of hydrogen-bond donors (Lipinski definition) is 1. The summed E-state index contributed by atoms with van der Waals surface area (Å²) < 4.78 is 6.38. The number of rotatable bonds is 4. The molecule has 0 aliphatic heterocycles. The number of anilines is 1. The first kappa shape index (κ1) is 14.4. The van der Waals surface area contributed by atoms with Crippen LogP contribution in [0.25, 0.3) is 0 Å². The fourth-order valence-electron chi connectivity index (χ4n) is 1.96. The highest BCUT2D eigenvalue weighted by Gasteiger charge is 2.06. The third kappa shape index (κ3) is 3.12. The van der Waals surface area contributed by atoms with Crippen LogP contribution in [0.5, 0.6) is 5.75 Å². The molecule has 0 unspecified atom stereocenters. The molecular formula is C16H15BrN2O. The summed E-state index contributed by atoms with van der Waals surface area (Å²) in [4.78, 5) is 0. The SMILES string of the molecule is COc1ccc(C#N)cc1CNc1cccc(C)c1Br. The van der Waals surface area contributed by atoms with Gasteiger partial charge in [0, 0.05) is 22.3 Å². The Morgan fingerprint density at radius 2 is 2.10 bits per heavy atom. The minimum atomic E-state index is 0.598. The molecule has 0 radical (unpaired) electrons.